The van der Waals surface area contributed by atoms with E-state index in [1.807, 2.05) is 55.4 Å². The van der Waals surface area contributed by atoms with Gasteiger partial charge in [0.15, 0.2) is 6.61 Å². The van der Waals surface area contributed by atoms with Crippen molar-refractivity contribution in [2.45, 2.75) is 25.8 Å². The Balaban J connectivity index is 1.37. The first-order valence-corrected chi connectivity index (χ1v) is 10.1. The minimum atomic E-state index is -0.617. The molecule has 1 saturated heterocycles. The summed E-state index contributed by atoms with van der Waals surface area (Å²) in [6.45, 7) is -0.0767. The Morgan fingerprint density at radius 3 is 2.23 bits per heavy atom. The summed E-state index contributed by atoms with van der Waals surface area (Å²) in [7, 11) is 3.90. The smallest absolute Gasteiger partial charge is 0.308 e. The number of esters is 1. The molecule has 0 bridgehead atoms. The Morgan fingerprint density at radius 1 is 1.07 bits per heavy atom. The quantitative estimate of drug-likeness (QED) is 0.392. The standard InChI is InChI=1S/C22H27N3O5/c1-24(2)16-9-7-15(8-10-16)13-23-19(26)14-30-20(27)11-12-25-21(28)17-5-3-4-6-18(17)22(25)29/h3-4,7-10,17-18H,5-6,11-14H2,1-2H3,(H,23,26)/t17-,18+. The number of imide groups is 1. The number of carbonyl (C=O) groups is 4. The van der Waals surface area contributed by atoms with Crippen LogP contribution in [-0.2, 0) is 30.5 Å². The molecule has 0 radical (unpaired) electrons. The maximum atomic E-state index is 12.4. The highest BCUT2D eigenvalue weighted by Gasteiger charge is 2.46. The number of fused-ring (bicyclic) bond motifs is 1. The fraction of sp³-hybridized carbons (Fsp3) is 0.455. The number of hydrogen-bond acceptors (Lipinski definition) is 6. The molecule has 3 rings (SSSR count). The van der Waals surface area contributed by atoms with E-state index in [1.54, 1.807) is 0 Å². The average molecular weight is 413 g/mol. The van der Waals surface area contributed by atoms with Gasteiger partial charge in [-0.3, -0.25) is 24.1 Å². The molecule has 160 valence electrons. The van der Waals surface area contributed by atoms with E-state index in [4.69, 9.17) is 4.74 Å². The van der Waals surface area contributed by atoms with Gasteiger partial charge in [0, 0.05) is 32.9 Å². The maximum Gasteiger partial charge on any atom is 0.308 e. The zero-order chi connectivity index (χ0) is 21.7. The predicted molar refractivity (Wildman–Crippen MR) is 110 cm³/mol. The summed E-state index contributed by atoms with van der Waals surface area (Å²) in [5.74, 6) is -2.09. The van der Waals surface area contributed by atoms with E-state index in [1.165, 1.54) is 0 Å². The fourth-order valence-corrected chi connectivity index (χ4v) is 3.67. The molecular formula is C22H27N3O5. The van der Waals surface area contributed by atoms with Gasteiger partial charge in [-0.15, -0.1) is 0 Å². The largest absolute Gasteiger partial charge is 0.456 e. The Labute approximate surface area is 175 Å². The van der Waals surface area contributed by atoms with Crippen LogP contribution in [0.4, 0.5) is 5.69 Å². The number of rotatable bonds is 8. The van der Waals surface area contributed by atoms with E-state index < -0.39 is 18.5 Å². The number of benzene rings is 1. The molecule has 8 heteroatoms. The van der Waals surface area contributed by atoms with Gasteiger partial charge in [0.25, 0.3) is 5.91 Å². The lowest BCUT2D eigenvalue weighted by Crippen LogP contribution is -2.34. The van der Waals surface area contributed by atoms with Crippen LogP contribution in [0.2, 0.25) is 0 Å². The van der Waals surface area contributed by atoms with E-state index in [9.17, 15) is 19.2 Å². The number of allylic oxidation sites excluding steroid dienone is 2. The van der Waals surface area contributed by atoms with Crippen LogP contribution in [-0.4, -0.2) is 55.8 Å². The van der Waals surface area contributed by atoms with Crippen LogP contribution in [0.5, 0.6) is 0 Å². The average Bonchev–Trinajstić information content (AvgIpc) is 2.99. The van der Waals surface area contributed by atoms with Gasteiger partial charge in [0.1, 0.15) is 0 Å². The molecule has 0 aromatic heterocycles. The number of likely N-dealkylation sites (tertiary alicyclic amines) is 1. The van der Waals surface area contributed by atoms with Gasteiger partial charge in [-0.25, -0.2) is 0 Å². The molecule has 2 atom stereocenters. The third-order valence-electron chi connectivity index (χ3n) is 5.45. The van der Waals surface area contributed by atoms with Crippen LogP contribution in [0, 0.1) is 11.8 Å². The Morgan fingerprint density at radius 2 is 1.67 bits per heavy atom. The molecule has 1 aliphatic heterocycles. The highest BCUT2D eigenvalue weighted by molar-refractivity contribution is 6.05. The van der Waals surface area contributed by atoms with Crippen molar-refractivity contribution in [2.75, 3.05) is 32.1 Å². The van der Waals surface area contributed by atoms with E-state index in [0.717, 1.165) is 16.2 Å². The topological polar surface area (TPSA) is 96.0 Å². The summed E-state index contributed by atoms with van der Waals surface area (Å²) in [6, 6.07) is 7.74. The molecule has 30 heavy (non-hydrogen) atoms. The van der Waals surface area contributed by atoms with Crippen molar-refractivity contribution >= 4 is 29.4 Å². The highest BCUT2D eigenvalue weighted by Crippen LogP contribution is 2.34. The monoisotopic (exact) mass is 413 g/mol. The molecule has 8 nitrogen and oxygen atoms in total. The highest BCUT2D eigenvalue weighted by atomic mass is 16.5. The van der Waals surface area contributed by atoms with Crippen LogP contribution in [0.3, 0.4) is 0 Å². The molecule has 3 amide bonds. The van der Waals surface area contributed by atoms with Gasteiger partial charge < -0.3 is 15.0 Å². The van der Waals surface area contributed by atoms with E-state index in [2.05, 4.69) is 5.32 Å². The molecule has 0 saturated carbocycles. The molecule has 1 fully saturated rings. The van der Waals surface area contributed by atoms with Crippen LogP contribution in [0.15, 0.2) is 36.4 Å². The Kier molecular flexibility index (Phi) is 6.87. The van der Waals surface area contributed by atoms with Gasteiger partial charge in [0.2, 0.25) is 11.8 Å². The molecule has 2 aliphatic rings. The lowest BCUT2D eigenvalue weighted by molar-refractivity contribution is -0.150. The number of carbonyl (C=O) groups excluding carboxylic acids is 4. The molecule has 1 aromatic carbocycles. The minimum absolute atomic E-state index is 0.0106. The number of anilines is 1. The van der Waals surface area contributed by atoms with Gasteiger partial charge in [-0.2, -0.15) is 0 Å². The van der Waals surface area contributed by atoms with Gasteiger partial charge in [-0.1, -0.05) is 24.3 Å². The molecule has 1 aromatic rings. The van der Waals surface area contributed by atoms with E-state index in [0.29, 0.717) is 19.4 Å². The number of nitrogens with one attached hydrogen (secondary N) is 1. The van der Waals surface area contributed by atoms with Gasteiger partial charge >= 0.3 is 5.97 Å². The fourth-order valence-electron chi connectivity index (χ4n) is 3.67. The third-order valence-corrected chi connectivity index (χ3v) is 5.45. The molecule has 1 aliphatic carbocycles. The predicted octanol–water partition coefficient (Wildman–Crippen LogP) is 1.25. The first-order valence-electron chi connectivity index (χ1n) is 10.1. The third kappa shape index (κ3) is 5.06. The molecule has 1 N–H and O–H groups in total. The number of amides is 3. The summed E-state index contributed by atoms with van der Waals surface area (Å²) in [5.41, 5.74) is 1.99. The molecular weight excluding hydrogens is 386 g/mol. The maximum absolute atomic E-state index is 12.4. The van der Waals surface area contributed by atoms with Crippen LogP contribution < -0.4 is 10.2 Å². The number of hydrogen-bond donors (Lipinski definition) is 1. The summed E-state index contributed by atoms with van der Waals surface area (Å²) < 4.78 is 4.97. The summed E-state index contributed by atoms with van der Waals surface area (Å²) in [4.78, 5) is 51.7. The Bertz CT molecular complexity index is 821. The Hall–Kier alpha value is -3.16. The molecule has 1 heterocycles. The van der Waals surface area contributed by atoms with Crippen molar-refractivity contribution in [3.05, 3.63) is 42.0 Å². The summed E-state index contributed by atoms with van der Waals surface area (Å²) >= 11 is 0. The lowest BCUT2D eigenvalue weighted by atomic mass is 9.85. The summed E-state index contributed by atoms with van der Waals surface area (Å²) in [5, 5.41) is 2.69. The second-order valence-corrected chi connectivity index (χ2v) is 7.73. The van der Waals surface area contributed by atoms with Crippen molar-refractivity contribution in [1.82, 2.24) is 10.2 Å². The second-order valence-electron chi connectivity index (χ2n) is 7.73. The van der Waals surface area contributed by atoms with E-state index in [-0.39, 0.29) is 36.6 Å². The van der Waals surface area contributed by atoms with Crippen molar-refractivity contribution < 1.29 is 23.9 Å². The first-order chi connectivity index (χ1) is 14.4. The van der Waals surface area contributed by atoms with Crippen LogP contribution >= 0.6 is 0 Å². The zero-order valence-electron chi connectivity index (χ0n) is 17.3. The van der Waals surface area contributed by atoms with E-state index >= 15 is 0 Å². The minimum Gasteiger partial charge on any atom is -0.456 e. The SMILES string of the molecule is CN(C)c1ccc(CNC(=O)COC(=O)CCN2C(=O)[C@H]3CC=CC[C@H]3C2=O)cc1. The second kappa shape index (κ2) is 9.56. The molecule has 0 unspecified atom stereocenters. The van der Waals surface area contributed by atoms with Crippen molar-refractivity contribution in [1.29, 1.82) is 0 Å². The molecule has 0 spiro atoms. The lowest BCUT2D eigenvalue weighted by Gasteiger charge is -2.14. The first kappa shape index (κ1) is 21.5. The summed E-state index contributed by atoms with van der Waals surface area (Å²) in [6.07, 6.45) is 4.84. The number of nitrogens with zero attached hydrogens (tertiary/aromatic N) is 2. The van der Waals surface area contributed by atoms with Crippen molar-refractivity contribution in [2.24, 2.45) is 11.8 Å². The van der Waals surface area contributed by atoms with Crippen LogP contribution in [0.1, 0.15) is 24.8 Å². The van der Waals surface area contributed by atoms with Crippen molar-refractivity contribution in [3.63, 3.8) is 0 Å². The van der Waals surface area contributed by atoms with Gasteiger partial charge in [0.05, 0.1) is 18.3 Å². The number of ether oxygens (including phenoxy) is 1. The van der Waals surface area contributed by atoms with Crippen LogP contribution in [0.25, 0.3) is 0 Å². The van der Waals surface area contributed by atoms with Crippen molar-refractivity contribution in [3.8, 4) is 0 Å². The van der Waals surface area contributed by atoms with Gasteiger partial charge in [-0.05, 0) is 30.5 Å². The zero-order valence-corrected chi connectivity index (χ0v) is 17.3. The normalized spacial score (nSPS) is 20.1.